The molecule has 0 unspecified atom stereocenters. The third-order valence-corrected chi connectivity index (χ3v) is 6.95. The first-order valence-corrected chi connectivity index (χ1v) is 12.0. The number of amides is 1. The fourth-order valence-corrected chi connectivity index (χ4v) is 5.00. The normalized spacial score (nSPS) is 18.9. The van der Waals surface area contributed by atoms with E-state index in [1.807, 2.05) is 56.3 Å². The molecule has 0 bridgehead atoms. The number of rotatable bonds is 8. The van der Waals surface area contributed by atoms with E-state index in [4.69, 9.17) is 32.4 Å². The quantitative estimate of drug-likeness (QED) is 0.226. The first-order chi connectivity index (χ1) is 15.8. The van der Waals surface area contributed by atoms with Crippen LogP contribution in [0.3, 0.4) is 0 Å². The topological polar surface area (TPSA) is 76.7 Å². The van der Waals surface area contributed by atoms with Gasteiger partial charge in [0, 0.05) is 11.3 Å². The Kier molecular flexibility index (Phi) is 7.02. The van der Waals surface area contributed by atoms with Gasteiger partial charge in [0.2, 0.25) is 5.91 Å². The van der Waals surface area contributed by atoms with Gasteiger partial charge >= 0.3 is 0 Å². The number of hydrogen-bond acceptors (Lipinski definition) is 6. The van der Waals surface area contributed by atoms with Crippen LogP contribution in [0.4, 0.5) is 0 Å². The van der Waals surface area contributed by atoms with Gasteiger partial charge in [-0.15, -0.1) is 0 Å². The van der Waals surface area contributed by atoms with Crippen LogP contribution in [-0.2, 0) is 10.5 Å². The number of methoxy groups -OCH3 is 1. The second-order valence-electron chi connectivity index (χ2n) is 8.32. The van der Waals surface area contributed by atoms with Crippen LogP contribution in [0.15, 0.2) is 67.8 Å². The van der Waals surface area contributed by atoms with Gasteiger partial charge in [-0.3, -0.25) is 4.79 Å². The van der Waals surface area contributed by atoms with Crippen molar-refractivity contribution in [1.29, 1.82) is 0 Å². The summed E-state index contributed by atoms with van der Waals surface area (Å²) in [6.45, 7) is 4.01. The lowest BCUT2D eigenvalue weighted by atomic mass is 10.1. The van der Waals surface area contributed by atoms with Gasteiger partial charge in [0.25, 0.3) is 5.22 Å². The average Bonchev–Trinajstić information content (AvgIpc) is 3.11. The van der Waals surface area contributed by atoms with Crippen molar-refractivity contribution >= 4 is 58.2 Å². The van der Waals surface area contributed by atoms with Gasteiger partial charge in [-0.05, 0) is 53.3 Å². The van der Waals surface area contributed by atoms with Crippen LogP contribution in [0.2, 0.25) is 0 Å². The molecule has 0 saturated heterocycles. The number of allylic oxidation sites excluding steroid dienone is 1. The number of thioether (sulfide) groups is 1. The third-order valence-electron chi connectivity index (χ3n) is 5.82. The molecule has 1 fully saturated rings. The Bertz CT molecular complexity index is 1200. The molecule has 0 aliphatic heterocycles. The second-order valence-corrected chi connectivity index (χ2v) is 10.3. The largest absolute Gasteiger partial charge is 0.496 e. The third kappa shape index (κ3) is 5.37. The second kappa shape index (κ2) is 9.79. The molecule has 2 aromatic carbocycles. The van der Waals surface area contributed by atoms with Gasteiger partial charge in [-0.25, -0.2) is 10.4 Å². The predicted octanol–water partition coefficient (Wildman–Crippen LogP) is 6.17. The number of ether oxygens (including phenoxy) is 1. The maximum absolute atomic E-state index is 12.5. The number of carbonyl (C=O) groups is 1. The van der Waals surface area contributed by atoms with Crippen LogP contribution in [0.1, 0.15) is 25.0 Å². The molecule has 1 amide bonds. The highest BCUT2D eigenvalue weighted by atomic mass is 35.5. The van der Waals surface area contributed by atoms with Crippen molar-refractivity contribution in [2.45, 2.75) is 24.8 Å². The van der Waals surface area contributed by atoms with Crippen molar-refractivity contribution in [2.24, 2.45) is 22.4 Å². The molecule has 33 heavy (non-hydrogen) atoms. The van der Waals surface area contributed by atoms with Crippen LogP contribution < -0.4 is 10.2 Å². The van der Waals surface area contributed by atoms with Crippen molar-refractivity contribution in [3.8, 4) is 5.75 Å². The molecule has 4 rings (SSSR count). The van der Waals surface area contributed by atoms with E-state index >= 15 is 0 Å². The molecule has 172 valence electrons. The molecule has 9 heteroatoms. The lowest BCUT2D eigenvalue weighted by Crippen LogP contribution is -2.21. The summed E-state index contributed by atoms with van der Waals surface area (Å²) < 4.78 is 11.4. The first-order valence-electron chi connectivity index (χ1n) is 10.3. The number of para-hydroxylation sites is 2. The zero-order chi connectivity index (χ0) is 23.6. The van der Waals surface area contributed by atoms with Crippen LogP contribution in [0, 0.1) is 17.3 Å². The van der Waals surface area contributed by atoms with E-state index in [1.54, 1.807) is 19.4 Å². The zero-order valence-corrected chi connectivity index (χ0v) is 20.7. The fraction of sp³-hybridized carbons (Fsp3) is 0.292. The molecule has 1 saturated carbocycles. The predicted molar refractivity (Wildman–Crippen MR) is 133 cm³/mol. The van der Waals surface area contributed by atoms with Crippen LogP contribution >= 0.6 is 35.0 Å². The fourth-order valence-electron chi connectivity index (χ4n) is 3.91. The summed E-state index contributed by atoms with van der Waals surface area (Å²) in [6, 6.07) is 13.4. The molecular formula is C24H23Cl2N3O3S. The Labute approximate surface area is 206 Å². The van der Waals surface area contributed by atoms with Gasteiger partial charge in [0.15, 0.2) is 5.58 Å². The SMILES string of the molecule is COc1ccc(C=NNC(=O)[C@@H]2[C@@H](C=C(Cl)Cl)C2(C)C)cc1CSc1nc2ccccc2o1. The lowest BCUT2D eigenvalue weighted by molar-refractivity contribution is -0.123. The van der Waals surface area contributed by atoms with Crippen molar-refractivity contribution in [3.05, 3.63) is 64.2 Å². The highest BCUT2D eigenvalue weighted by molar-refractivity contribution is 7.98. The van der Waals surface area contributed by atoms with E-state index in [0.717, 1.165) is 28.0 Å². The Hall–Kier alpha value is -2.48. The number of carbonyl (C=O) groups excluding carboxylic acids is 1. The van der Waals surface area contributed by atoms with E-state index in [9.17, 15) is 4.79 Å². The minimum atomic E-state index is -0.221. The molecule has 1 aromatic heterocycles. The number of oxazole rings is 1. The average molecular weight is 504 g/mol. The van der Waals surface area contributed by atoms with Crippen LogP contribution in [0.25, 0.3) is 11.1 Å². The molecular weight excluding hydrogens is 481 g/mol. The van der Waals surface area contributed by atoms with E-state index in [1.165, 1.54) is 11.8 Å². The molecule has 0 radical (unpaired) electrons. The number of hydrazone groups is 1. The highest BCUT2D eigenvalue weighted by Crippen LogP contribution is 2.59. The molecule has 0 spiro atoms. The minimum Gasteiger partial charge on any atom is -0.496 e. The summed E-state index contributed by atoms with van der Waals surface area (Å²) in [6.07, 6.45) is 3.32. The van der Waals surface area contributed by atoms with E-state index in [0.29, 0.717) is 11.0 Å². The Balaban J connectivity index is 1.40. The minimum absolute atomic E-state index is 0.00540. The molecule has 1 heterocycles. The summed E-state index contributed by atoms with van der Waals surface area (Å²) in [5, 5.41) is 4.73. The van der Waals surface area contributed by atoms with Gasteiger partial charge in [0.05, 0.1) is 19.2 Å². The molecule has 1 N–H and O–H groups in total. The lowest BCUT2D eigenvalue weighted by Gasteiger charge is -2.08. The van der Waals surface area contributed by atoms with Gasteiger partial charge in [-0.2, -0.15) is 5.10 Å². The summed E-state index contributed by atoms with van der Waals surface area (Å²) in [7, 11) is 1.63. The number of benzene rings is 2. The summed E-state index contributed by atoms with van der Waals surface area (Å²) >= 11 is 13.0. The van der Waals surface area contributed by atoms with Crippen LogP contribution in [-0.4, -0.2) is 24.2 Å². The van der Waals surface area contributed by atoms with Crippen molar-refractivity contribution in [2.75, 3.05) is 7.11 Å². The van der Waals surface area contributed by atoms with Crippen molar-refractivity contribution < 1.29 is 13.9 Å². The monoisotopic (exact) mass is 503 g/mol. The highest BCUT2D eigenvalue weighted by Gasteiger charge is 2.60. The Morgan fingerprint density at radius 1 is 1.30 bits per heavy atom. The number of aromatic nitrogens is 1. The summed E-state index contributed by atoms with van der Waals surface area (Å²) in [4.78, 5) is 17.0. The van der Waals surface area contributed by atoms with Gasteiger partial charge < -0.3 is 9.15 Å². The number of hydrogen-bond donors (Lipinski definition) is 1. The molecule has 1 aliphatic carbocycles. The number of nitrogens with zero attached hydrogens (tertiary/aromatic N) is 2. The number of halogens is 2. The summed E-state index contributed by atoms with van der Waals surface area (Å²) in [5.41, 5.74) is 5.80. The van der Waals surface area contributed by atoms with E-state index in [2.05, 4.69) is 15.5 Å². The van der Waals surface area contributed by atoms with Gasteiger partial charge in [-0.1, -0.05) is 60.9 Å². The molecule has 1 aliphatic rings. The van der Waals surface area contributed by atoms with Crippen molar-refractivity contribution in [3.63, 3.8) is 0 Å². The van der Waals surface area contributed by atoms with Crippen molar-refractivity contribution in [1.82, 2.24) is 10.4 Å². The zero-order valence-electron chi connectivity index (χ0n) is 18.3. The Morgan fingerprint density at radius 3 is 2.82 bits per heavy atom. The first kappa shape index (κ1) is 23.7. The van der Waals surface area contributed by atoms with E-state index in [-0.39, 0.29) is 27.6 Å². The van der Waals surface area contributed by atoms with Gasteiger partial charge in [0.1, 0.15) is 15.8 Å². The maximum Gasteiger partial charge on any atom is 0.257 e. The molecule has 3 aromatic rings. The maximum atomic E-state index is 12.5. The molecule has 2 atom stereocenters. The smallest absolute Gasteiger partial charge is 0.257 e. The number of nitrogens with one attached hydrogen (secondary N) is 1. The Morgan fingerprint density at radius 2 is 2.09 bits per heavy atom. The molecule has 6 nitrogen and oxygen atoms in total. The number of fused-ring (bicyclic) bond motifs is 1. The van der Waals surface area contributed by atoms with E-state index < -0.39 is 0 Å². The summed E-state index contributed by atoms with van der Waals surface area (Å²) in [5.74, 6) is 0.975. The standard InChI is InChI=1S/C24H23Cl2N3O3S/c1-24(2)16(11-20(25)26)21(24)22(30)29-27-12-14-8-9-18(31-3)15(10-14)13-33-23-28-17-6-4-5-7-19(17)32-23/h4-12,16,21H,13H2,1-3H3,(H,29,30)/t16-,21+/m1/s1. The van der Waals surface area contributed by atoms with Crippen LogP contribution in [0.5, 0.6) is 5.75 Å².